The summed E-state index contributed by atoms with van der Waals surface area (Å²) < 4.78 is 67.7. The Morgan fingerprint density at radius 1 is 1.18 bits per heavy atom. The average Bonchev–Trinajstić information content (AvgIpc) is 3.21. The molecule has 0 atom stereocenters. The highest BCUT2D eigenvalue weighted by molar-refractivity contribution is 7.89. The van der Waals surface area contributed by atoms with Crippen molar-refractivity contribution in [1.82, 2.24) is 24.5 Å². The number of halogens is 3. The molecule has 1 aromatic carbocycles. The molecule has 13 heteroatoms. The van der Waals surface area contributed by atoms with Gasteiger partial charge in [0.15, 0.2) is 5.82 Å². The molecular formula is C20H21F3N6O3S. The monoisotopic (exact) mass is 482 g/mol. The van der Waals surface area contributed by atoms with Gasteiger partial charge in [-0.15, -0.1) is 0 Å². The average molecular weight is 482 g/mol. The van der Waals surface area contributed by atoms with Crippen molar-refractivity contribution in [1.29, 1.82) is 0 Å². The maximum atomic E-state index is 13.6. The number of aliphatic hydroxyl groups is 1. The molecule has 9 nitrogen and oxygen atoms in total. The third-order valence-corrected chi connectivity index (χ3v) is 6.86. The molecule has 0 aliphatic heterocycles. The van der Waals surface area contributed by atoms with E-state index in [1.165, 1.54) is 43.7 Å². The molecule has 176 valence electrons. The number of benzene rings is 1. The van der Waals surface area contributed by atoms with Crippen molar-refractivity contribution in [2.45, 2.75) is 42.4 Å². The van der Waals surface area contributed by atoms with Gasteiger partial charge in [0.1, 0.15) is 5.56 Å². The molecule has 1 aliphatic rings. The fourth-order valence-corrected chi connectivity index (χ4v) is 4.40. The fraction of sp³-hybridized carbons (Fsp3) is 0.350. The van der Waals surface area contributed by atoms with E-state index in [2.05, 4.69) is 25.1 Å². The van der Waals surface area contributed by atoms with E-state index >= 15 is 0 Å². The van der Waals surface area contributed by atoms with Crippen LogP contribution in [0.15, 0.2) is 47.8 Å². The number of hydrogen-bond donors (Lipinski definition) is 3. The van der Waals surface area contributed by atoms with Gasteiger partial charge >= 0.3 is 6.18 Å². The molecule has 2 heterocycles. The second kappa shape index (κ2) is 8.08. The number of nitrogens with zero attached hydrogens (tertiary/aromatic N) is 4. The third-order valence-electron chi connectivity index (χ3n) is 5.43. The molecule has 3 aromatic rings. The Bertz CT molecular complexity index is 1260. The molecule has 1 saturated carbocycles. The predicted octanol–water partition coefficient (Wildman–Crippen LogP) is 2.96. The van der Waals surface area contributed by atoms with Crippen molar-refractivity contribution in [2.75, 3.05) is 12.4 Å². The van der Waals surface area contributed by atoms with Gasteiger partial charge in [-0.2, -0.15) is 23.3 Å². The van der Waals surface area contributed by atoms with Gasteiger partial charge in [-0.1, -0.05) is 0 Å². The smallest absolute Gasteiger partial charge is 0.390 e. The Kier molecular flexibility index (Phi) is 5.66. The Morgan fingerprint density at radius 2 is 1.85 bits per heavy atom. The summed E-state index contributed by atoms with van der Waals surface area (Å²) in [5.74, 6) is -0.563. The molecule has 0 unspecified atom stereocenters. The molecule has 3 N–H and O–H groups in total. The van der Waals surface area contributed by atoms with E-state index in [0.717, 1.165) is 4.68 Å². The van der Waals surface area contributed by atoms with Crippen molar-refractivity contribution in [3.05, 3.63) is 54.0 Å². The lowest BCUT2D eigenvalue weighted by atomic mass is 9.70. The molecule has 1 fully saturated rings. The maximum absolute atomic E-state index is 13.6. The molecule has 0 spiro atoms. The molecule has 1 aliphatic carbocycles. The molecular weight excluding hydrogens is 461 g/mol. The van der Waals surface area contributed by atoms with Crippen LogP contribution in [0.4, 0.5) is 24.8 Å². The van der Waals surface area contributed by atoms with Crippen LogP contribution in [-0.4, -0.2) is 45.9 Å². The van der Waals surface area contributed by atoms with Crippen LogP contribution in [0.3, 0.4) is 0 Å². The SMILES string of the molecule is CNS(=O)(=O)c1ccc(Nc2ncc(C(F)(F)F)c(-n3cc(C4CC(C)(O)C4)cn3)n2)cc1. The number of nitrogens with one attached hydrogen (secondary N) is 2. The summed E-state index contributed by atoms with van der Waals surface area (Å²) in [5, 5.41) is 16.8. The Hall–Kier alpha value is -3.03. The zero-order chi connectivity index (χ0) is 24.0. The van der Waals surface area contributed by atoms with Crippen LogP contribution in [0.25, 0.3) is 5.82 Å². The van der Waals surface area contributed by atoms with Crippen molar-refractivity contribution in [3.8, 4) is 5.82 Å². The highest BCUT2D eigenvalue weighted by Crippen LogP contribution is 2.44. The molecule has 0 saturated heterocycles. The standard InChI is InChI=1S/C20H21F3N6O3S/c1-19(30)7-12(8-19)13-9-26-29(11-13)17-16(20(21,22)23)10-25-18(28-17)27-14-3-5-15(6-4-14)33(31,32)24-2/h3-6,9-12,24,30H,7-8H2,1-2H3,(H,25,27,28). The second-order valence-electron chi connectivity index (χ2n) is 8.11. The number of anilines is 2. The van der Waals surface area contributed by atoms with Gasteiger partial charge in [-0.25, -0.2) is 22.8 Å². The van der Waals surface area contributed by atoms with Crippen molar-refractivity contribution in [3.63, 3.8) is 0 Å². The van der Waals surface area contributed by atoms with E-state index in [9.17, 15) is 26.7 Å². The summed E-state index contributed by atoms with van der Waals surface area (Å²) in [4.78, 5) is 7.80. The molecule has 2 aromatic heterocycles. The first kappa shape index (κ1) is 23.1. The Labute approximate surface area is 187 Å². The lowest BCUT2D eigenvalue weighted by molar-refractivity contribution is -0.138. The van der Waals surface area contributed by atoms with Gasteiger partial charge in [-0.3, -0.25) is 0 Å². The largest absolute Gasteiger partial charge is 0.421 e. The minimum absolute atomic E-state index is 0.00919. The lowest BCUT2D eigenvalue weighted by Gasteiger charge is -2.40. The summed E-state index contributed by atoms with van der Waals surface area (Å²) in [5.41, 5.74) is -0.741. The summed E-state index contributed by atoms with van der Waals surface area (Å²) >= 11 is 0. The van der Waals surface area contributed by atoms with Crippen molar-refractivity contribution in [2.24, 2.45) is 0 Å². The van der Waals surface area contributed by atoms with Crippen molar-refractivity contribution >= 4 is 21.7 Å². The van der Waals surface area contributed by atoms with E-state index in [1.54, 1.807) is 6.92 Å². The van der Waals surface area contributed by atoms with Crippen LogP contribution in [0.1, 0.15) is 36.8 Å². The highest BCUT2D eigenvalue weighted by atomic mass is 32.2. The van der Waals surface area contributed by atoms with Gasteiger partial charge in [0.25, 0.3) is 0 Å². The van der Waals surface area contributed by atoms with E-state index in [-0.39, 0.29) is 16.8 Å². The molecule has 4 rings (SSSR count). The fourth-order valence-electron chi connectivity index (χ4n) is 3.67. The van der Waals surface area contributed by atoms with E-state index in [1.807, 2.05) is 0 Å². The summed E-state index contributed by atoms with van der Waals surface area (Å²) in [6.07, 6.45) is -0.0978. The van der Waals surface area contributed by atoms with Crippen molar-refractivity contribution < 1.29 is 26.7 Å². The van der Waals surface area contributed by atoms with Gasteiger partial charge < -0.3 is 10.4 Å². The van der Waals surface area contributed by atoms with E-state index < -0.39 is 33.2 Å². The van der Waals surface area contributed by atoms with Crippen LogP contribution in [0, 0.1) is 0 Å². The molecule has 0 amide bonds. The number of aromatic nitrogens is 4. The van der Waals surface area contributed by atoms with Crippen LogP contribution < -0.4 is 10.0 Å². The zero-order valence-corrected chi connectivity index (χ0v) is 18.4. The van der Waals surface area contributed by atoms with Gasteiger partial charge in [0.05, 0.1) is 16.7 Å². The van der Waals surface area contributed by atoms with Gasteiger partial charge in [-0.05, 0) is 62.6 Å². The number of hydrogen-bond acceptors (Lipinski definition) is 7. The van der Waals surface area contributed by atoms with Crippen LogP contribution in [0.2, 0.25) is 0 Å². The Balaban J connectivity index is 1.63. The van der Waals surface area contributed by atoms with Crippen LogP contribution in [0.5, 0.6) is 0 Å². The Morgan fingerprint density at radius 3 is 2.42 bits per heavy atom. The van der Waals surface area contributed by atoms with E-state index in [4.69, 9.17) is 0 Å². The number of sulfonamides is 1. The quantitative estimate of drug-likeness (QED) is 0.494. The summed E-state index contributed by atoms with van der Waals surface area (Å²) in [7, 11) is -2.34. The van der Waals surface area contributed by atoms with Crippen LogP contribution in [-0.2, 0) is 16.2 Å². The highest BCUT2D eigenvalue weighted by Gasteiger charge is 2.40. The van der Waals surface area contributed by atoms with Gasteiger partial charge in [0, 0.05) is 18.1 Å². The zero-order valence-electron chi connectivity index (χ0n) is 17.6. The predicted molar refractivity (Wildman–Crippen MR) is 113 cm³/mol. The maximum Gasteiger partial charge on any atom is 0.421 e. The number of rotatable bonds is 6. The normalized spacial score (nSPS) is 21.0. The van der Waals surface area contributed by atoms with Gasteiger partial charge in [0.2, 0.25) is 16.0 Å². The molecule has 0 radical (unpaired) electrons. The third kappa shape index (κ3) is 4.84. The first-order chi connectivity index (χ1) is 15.4. The first-order valence-corrected chi connectivity index (χ1v) is 11.4. The minimum Gasteiger partial charge on any atom is -0.390 e. The first-order valence-electron chi connectivity index (χ1n) is 9.90. The minimum atomic E-state index is -4.71. The number of alkyl halides is 3. The summed E-state index contributed by atoms with van der Waals surface area (Å²) in [6.45, 7) is 1.71. The lowest BCUT2D eigenvalue weighted by Crippen LogP contribution is -2.39. The summed E-state index contributed by atoms with van der Waals surface area (Å²) in [6, 6.07) is 5.57. The van der Waals surface area contributed by atoms with E-state index in [0.29, 0.717) is 30.3 Å². The van der Waals surface area contributed by atoms with Crippen LogP contribution >= 0.6 is 0 Å². The molecule has 33 heavy (non-hydrogen) atoms. The second-order valence-corrected chi connectivity index (χ2v) is 9.99. The topological polar surface area (TPSA) is 122 Å². The molecule has 0 bridgehead atoms.